The van der Waals surface area contributed by atoms with E-state index in [9.17, 15) is 18.3 Å². The highest BCUT2D eigenvalue weighted by Crippen LogP contribution is 2.30. The van der Waals surface area contributed by atoms with Crippen LogP contribution in [0.1, 0.15) is 12.8 Å². The summed E-state index contributed by atoms with van der Waals surface area (Å²) >= 11 is 0. The number of carboxylic acids is 1. The van der Waals surface area contributed by atoms with E-state index in [1.54, 1.807) is 12.1 Å². The highest BCUT2D eigenvalue weighted by Gasteiger charge is 2.38. The molecule has 0 aliphatic rings. The predicted molar refractivity (Wildman–Crippen MR) is 79.0 cm³/mol. The Morgan fingerprint density at radius 2 is 2.00 bits per heavy atom. The molecule has 1 heterocycles. The van der Waals surface area contributed by atoms with Crippen LogP contribution in [-0.2, 0) is 11.3 Å². The maximum Gasteiger partial charge on any atom is 0.490 e. The quantitative estimate of drug-likeness (QED) is 0.740. The Morgan fingerprint density at radius 1 is 1.36 bits per heavy atom. The van der Waals surface area contributed by atoms with Crippen molar-refractivity contribution in [2.45, 2.75) is 19.6 Å². The average molecular weight is 363 g/mol. The van der Waals surface area contributed by atoms with E-state index >= 15 is 0 Å². The van der Waals surface area contributed by atoms with Crippen LogP contribution < -0.4 is 10.1 Å². The molecule has 0 saturated heterocycles. The molecule has 0 radical (unpaired) electrons. The minimum atomic E-state index is -5.08. The average Bonchev–Trinajstić information content (AvgIpc) is 3.01. The number of carboxylic acid groups (broad SMARTS) is 1. The third-order valence-electron chi connectivity index (χ3n) is 2.66. The normalized spacial score (nSPS) is 10.8. The van der Waals surface area contributed by atoms with Gasteiger partial charge in [0.25, 0.3) is 0 Å². The highest BCUT2D eigenvalue weighted by atomic mass is 19.4. The van der Waals surface area contributed by atoms with E-state index in [1.165, 1.54) is 13.2 Å². The van der Waals surface area contributed by atoms with Crippen LogP contribution in [0, 0.1) is 0 Å². The number of nitrogens with one attached hydrogen (secondary N) is 1. The Labute approximate surface area is 140 Å². The zero-order valence-corrected chi connectivity index (χ0v) is 13.3. The minimum Gasteiger partial charge on any atom is -0.504 e. The molecule has 0 aliphatic heterocycles. The van der Waals surface area contributed by atoms with Crippen LogP contribution in [0.5, 0.6) is 11.5 Å². The van der Waals surface area contributed by atoms with Crippen LogP contribution >= 0.6 is 0 Å². The third kappa shape index (κ3) is 6.30. The summed E-state index contributed by atoms with van der Waals surface area (Å²) in [7, 11) is 1.50. The molecule has 0 bridgehead atoms. The second-order valence-corrected chi connectivity index (χ2v) is 4.47. The van der Waals surface area contributed by atoms with Gasteiger partial charge in [0.1, 0.15) is 0 Å². The maximum atomic E-state index is 10.6. The van der Waals surface area contributed by atoms with E-state index in [4.69, 9.17) is 19.1 Å². The van der Waals surface area contributed by atoms with Crippen molar-refractivity contribution in [1.82, 2.24) is 15.5 Å². The summed E-state index contributed by atoms with van der Waals surface area (Å²) in [5.74, 6) is -1.41. The topological polar surface area (TPSA) is 118 Å². The summed E-state index contributed by atoms with van der Waals surface area (Å²) < 4.78 is 42.2. The number of aliphatic carboxylic acids is 1. The van der Waals surface area contributed by atoms with Crippen molar-refractivity contribution < 1.29 is 37.3 Å². The van der Waals surface area contributed by atoms with Gasteiger partial charge in [-0.05, 0) is 24.7 Å². The van der Waals surface area contributed by atoms with E-state index in [-0.39, 0.29) is 5.75 Å². The molecule has 0 fully saturated rings. The van der Waals surface area contributed by atoms with Gasteiger partial charge in [0, 0.05) is 5.56 Å². The maximum absolute atomic E-state index is 10.6. The Morgan fingerprint density at radius 3 is 2.48 bits per heavy atom. The molecule has 8 nitrogen and oxygen atoms in total. The third-order valence-corrected chi connectivity index (χ3v) is 2.66. The summed E-state index contributed by atoms with van der Waals surface area (Å²) in [6.07, 6.45) is -5.08. The highest BCUT2D eigenvalue weighted by molar-refractivity contribution is 5.73. The van der Waals surface area contributed by atoms with Crippen LogP contribution in [-0.4, -0.2) is 46.2 Å². The number of hydrogen-bond donors (Lipinski definition) is 3. The van der Waals surface area contributed by atoms with Crippen molar-refractivity contribution in [2.24, 2.45) is 0 Å². The van der Waals surface area contributed by atoms with Gasteiger partial charge in [-0.3, -0.25) is 0 Å². The van der Waals surface area contributed by atoms with E-state index in [0.29, 0.717) is 29.6 Å². The Kier molecular flexibility index (Phi) is 7.18. The standard InChI is InChI=1S/C12H15N3O3.C2HF3O2/c1-3-13-7-11-14-15-12(18-11)8-4-5-10(17-2)9(16)6-8;3-2(4,5)1(6)7/h4-6,13,16H,3,7H2,1-2H3;(H,6,7). The number of methoxy groups -OCH3 is 1. The molecule has 1 aromatic heterocycles. The van der Waals surface area contributed by atoms with Gasteiger partial charge in [0.2, 0.25) is 11.8 Å². The largest absolute Gasteiger partial charge is 0.504 e. The van der Waals surface area contributed by atoms with E-state index in [0.717, 1.165) is 6.54 Å². The van der Waals surface area contributed by atoms with E-state index in [2.05, 4.69) is 15.5 Å². The zero-order valence-electron chi connectivity index (χ0n) is 13.3. The van der Waals surface area contributed by atoms with Crippen LogP contribution in [0.3, 0.4) is 0 Å². The van der Waals surface area contributed by atoms with Gasteiger partial charge in [-0.25, -0.2) is 4.79 Å². The van der Waals surface area contributed by atoms with Gasteiger partial charge < -0.3 is 24.7 Å². The smallest absolute Gasteiger partial charge is 0.490 e. The Balaban J connectivity index is 0.000000381. The molecule has 1 aromatic carbocycles. The van der Waals surface area contributed by atoms with Gasteiger partial charge >= 0.3 is 12.1 Å². The lowest BCUT2D eigenvalue weighted by atomic mass is 10.2. The van der Waals surface area contributed by atoms with Crippen molar-refractivity contribution in [3.63, 3.8) is 0 Å². The molecule has 25 heavy (non-hydrogen) atoms. The Hall–Kier alpha value is -2.82. The summed E-state index contributed by atoms with van der Waals surface area (Å²) in [5.41, 5.74) is 0.656. The number of phenolic OH excluding ortho intramolecular Hbond substituents is 1. The lowest BCUT2D eigenvalue weighted by Gasteiger charge is -2.03. The molecule has 138 valence electrons. The van der Waals surface area contributed by atoms with Crippen molar-refractivity contribution in [3.8, 4) is 23.0 Å². The molecule has 0 spiro atoms. The van der Waals surface area contributed by atoms with Crippen molar-refractivity contribution >= 4 is 5.97 Å². The molecule has 0 aliphatic carbocycles. The lowest BCUT2D eigenvalue weighted by molar-refractivity contribution is -0.192. The first kappa shape index (κ1) is 20.2. The minimum absolute atomic E-state index is 0.0430. The van der Waals surface area contributed by atoms with E-state index in [1.807, 2.05) is 6.92 Å². The first-order valence-corrected chi connectivity index (χ1v) is 6.89. The van der Waals surface area contributed by atoms with Gasteiger partial charge in [0.05, 0.1) is 13.7 Å². The number of nitrogens with zero attached hydrogens (tertiary/aromatic N) is 2. The summed E-state index contributed by atoms with van der Waals surface area (Å²) in [6.45, 7) is 3.37. The number of hydrogen-bond acceptors (Lipinski definition) is 7. The summed E-state index contributed by atoms with van der Waals surface area (Å²) in [4.78, 5) is 8.90. The lowest BCUT2D eigenvalue weighted by Crippen LogP contribution is -2.21. The number of ether oxygens (including phenoxy) is 1. The second-order valence-electron chi connectivity index (χ2n) is 4.47. The number of alkyl halides is 3. The van der Waals surface area contributed by atoms with Gasteiger partial charge in [-0.15, -0.1) is 10.2 Å². The molecule has 2 aromatic rings. The van der Waals surface area contributed by atoms with Gasteiger partial charge in [-0.2, -0.15) is 13.2 Å². The summed E-state index contributed by atoms with van der Waals surface area (Å²) in [5, 5.41) is 27.7. The fourth-order valence-corrected chi connectivity index (χ4v) is 1.50. The zero-order chi connectivity index (χ0) is 19.0. The number of benzene rings is 1. The first-order chi connectivity index (χ1) is 11.7. The Bertz CT molecular complexity index is 703. The molecule has 3 N–H and O–H groups in total. The molecule has 0 atom stereocenters. The molecule has 0 unspecified atom stereocenters. The molecule has 11 heteroatoms. The van der Waals surface area contributed by atoms with Crippen molar-refractivity contribution in [3.05, 3.63) is 24.1 Å². The molecule has 0 amide bonds. The molecular formula is C14H16F3N3O5. The van der Waals surface area contributed by atoms with E-state index < -0.39 is 12.1 Å². The van der Waals surface area contributed by atoms with Crippen LogP contribution in [0.15, 0.2) is 22.6 Å². The summed E-state index contributed by atoms with van der Waals surface area (Å²) in [6, 6.07) is 4.94. The number of aromatic hydroxyl groups is 1. The number of phenols is 1. The number of rotatable bonds is 5. The van der Waals surface area contributed by atoms with Crippen LogP contribution in [0.2, 0.25) is 0 Å². The molecular weight excluding hydrogens is 347 g/mol. The predicted octanol–water partition coefficient (Wildman–Crippen LogP) is 2.19. The van der Waals surface area contributed by atoms with Gasteiger partial charge in [-0.1, -0.05) is 6.92 Å². The number of carbonyl (C=O) groups is 1. The van der Waals surface area contributed by atoms with Crippen molar-refractivity contribution in [1.29, 1.82) is 0 Å². The van der Waals surface area contributed by atoms with Gasteiger partial charge in [0.15, 0.2) is 11.5 Å². The van der Waals surface area contributed by atoms with Crippen LogP contribution in [0.4, 0.5) is 13.2 Å². The molecule has 2 rings (SSSR count). The number of halogens is 3. The van der Waals surface area contributed by atoms with Crippen molar-refractivity contribution in [2.75, 3.05) is 13.7 Å². The van der Waals surface area contributed by atoms with Crippen LogP contribution in [0.25, 0.3) is 11.5 Å². The number of aromatic nitrogens is 2. The fourth-order valence-electron chi connectivity index (χ4n) is 1.50. The first-order valence-electron chi connectivity index (χ1n) is 6.89. The molecule has 0 saturated carbocycles. The fraction of sp³-hybridized carbons (Fsp3) is 0.357. The monoisotopic (exact) mass is 363 g/mol. The second kappa shape index (κ2) is 8.87. The SMILES string of the molecule is CCNCc1nnc(-c2ccc(OC)c(O)c2)o1.O=C(O)C(F)(F)F.